The number of carbonyl (C=O) groups is 1. The molecule has 4 rings (SSSR count). The van der Waals surface area contributed by atoms with Gasteiger partial charge in [-0.25, -0.2) is 4.98 Å². The molecule has 6 heteroatoms. The fourth-order valence-corrected chi connectivity index (χ4v) is 2.79. The molecule has 0 bridgehead atoms. The summed E-state index contributed by atoms with van der Waals surface area (Å²) in [6.07, 6.45) is 0.927. The average molecular weight is 346 g/mol. The number of rotatable bonds is 5. The van der Waals surface area contributed by atoms with E-state index in [1.54, 1.807) is 0 Å². The second-order valence-electron chi connectivity index (χ2n) is 6.12. The van der Waals surface area contributed by atoms with Gasteiger partial charge in [0.05, 0.1) is 0 Å². The van der Waals surface area contributed by atoms with Gasteiger partial charge in [0.1, 0.15) is 17.2 Å². The van der Waals surface area contributed by atoms with Crippen LogP contribution in [0, 0.1) is 6.92 Å². The number of anilines is 1. The Bertz CT molecular complexity index is 1010. The molecule has 2 aromatic carbocycles. The molecule has 0 saturated carbocycles. The van der Waals surface area contributed by atoms with Gasteiger partial charge in [-0.05, 0) is 43.3 Å². The lowest BCUT2D eigenvalue weighted by atomic mass is 10.2. The molecule has 2 N–H and O–H groups in total. The van der Waals surface area contributed by atoms with Crippen LogP contribution in [0.5, 0.6) is 0 Å². The molecule has 0 aliphatic rings. The molecular formula is C20H18N4O2. The number of H-pyrrole nitrogens is 1. The predicted octanol–water partition coefficient (Wildman–Crippen LogP) is 4.10. The smallest absolute Gasteiger partial charge is 0.224 e. The van der Waals surface area contributed by atoms with Gasteiger partial charge in [0, 0.05) is 29.5 Å². The van der Waals surface area contributed by atoms with Crippen molar-refractivity contribution in [3.63, 3.8) is 0 Å². The maximum Gasteiger partial charge on any atom is 0.224 e. The first kappa shape index (κ1) is 16.1. The maximum absolute atomic E-state index is 12.2. The Labute approximate surface area is 150 Å². The molecule has 0 unspecified atom stereocenters. The van der Waals surface area contributed by atoms with Crippen molar-refractivity contribution in [3.8, 4) is 11.4 Å². The van der Waals surface area contributed by atoms with E-state index in [1.807, 2.05) is 61.5 Å². The van der Waals surface area contributed by atoms with Crippen molar-refractivity contribution in [3.05, 3.63) is 66.2 Å². The van der Waals surface area contributed by atoms with Crippen LogP contribution in [0.25, 0.3) is 22.4 Å². The fraction of sp³-hybridized carbons (Fsp3) is 0.150. The molecule has 0 spiro atoms. The minimum absolute atomic E-state index is 0.0491. The van der Waals surface area contributed by atoms with Crippen molar-refractivity contribution in [2.24, 2.45) is 0 Å². The van der Waals surface area contributed by atoms with Crippen LogP contribution < -0.4 is 5.32 Å². The van der Waals surface area contributed by atoms with E-state index in [-0.39, 0.29) is 5.91 Å². The number of furan rings is 1. The van der Waals surface area contributed by atoms with Crippen LogP contribution in [0.15, 0.2) is 59.0 Å². The minimum Gasteiger partial charge on any atom is -0.461 e. The number of carbonyl (C=O) groups excluding carboxylic acids is 1. The van der Waals surface area contributed by atoms with E-state index in [4.69, 9.17) is 4.42 Å². The summed E-state index contributed by atoms with van der Waals surface area (Å²) < 4.78 is 5.74. The Morgan fingerprint density at radius 2 is 1.96 bits per heavy atom. The largest absolute Gasteiger partial charge is 0.461 e. The standard InChI is InChI=1S/C20H18N4O2/c1-13-21-20(24-23-13)14-6-8-16(9-7-14)22-19(25)11-10-17-12-15-4-2-3-5-18(15)26-17/h2-9,12H,10-11H2,1H3,(H,22,25)(H,21,23,24). The summed E-state index contributed by atoms with van der Waals surface area (Å²) in [6, 6.07) is 17.3. The van der Waals surface area contributed by atoms with Crippen LogP contribution in [-0.4, -0.2) is 21.1 Å². The molecule has 0 aliphatic carbocycles. The van der Waals surface area contributed by atoms with E-state index in [1.165, 1.54) is 0 Å². The third-order valence-corrected chi connectivity index (χ3v) is 4.10. The first-order valence-corrected chi connectivity index (χ1v) is 8.44. The lowest BCUT2D eigenvalue weighted by Crippen LogP contribution is -2.12. The summed E-state index contributed by atoms with van der Waals surface area (Å²) in [5, 5.41) is 10.9. The zero-order valence-electron chi connectivity index (χ0n) is 14.3. The normalized spacial score (nSPS) is 11.0. The average Bonchev–Trinajstić information content (AvgIpc) is 3.26. The van der Waals surface area contributed by atoms with Crippen LogP contribution in [0.1, 0.15) is 18.0 Å². The summed E-state index contributed by atoms with van der Waals surface area (Å²) in [6.45, 7) is 1.85. The van der Waals surface area contributed by atoms with Crippen molar-refractivity contribution in [2.45, 2.75) is 19.8 Å². The van der Waals surface area contributed by atoms with Gasteiger partial charge in [-0.15, -0.1) is 0 Å². The fourth-order valence-electron chi connectivity index (χ4n) is 2.79. The summed E-state index contributed by atoms with van der Waals surface area (Å²) in [7, 11) is 0. The van der Waals surface area contributed by atoms with Gasteiger partial charge in [0.2, 0.25) is 5.91 Å². The first-order chi connectivity index (χ1) is 12.7. The lowest BCUT2D eigenvalue weighted by Gasteiger charge is -2.05. The summed E-state index contributed by atoms with van der Waals surface area (Å²) >= 11 is 0. The highest BCUT2D eigenvalue weighted by Gasteiger charge is 2.08. The second-order valence-corrected chi connectivity index (χ2v) is 6.12. The minimum atomic E-state index is -0.0491. The number of nitrogens with zero attached hydrogens (tertiary/aromatic N) is 2. The zero-order valence-corrected chi connectivity index (χ0v) is 14.3. The molecule has 2 aromatic heterocycles. The Morgan fingerprint density at radius 3 is 2.69 bits per heavy atom. The van der Waals surface area contributed by atoms with Gasteiger partial charge >= 0.3 is 0 Å². The molecular weight excluding hydrogens is 328 g/mol. The van der Waals surface area contributed by atoms with E-state index in [0.717, 1.165) is 33.8 Å². The zero-order chi connectivity index (χ0) is 17.9. The Morgan fingerprint density at radius 1 is 1.15 bits per heavy atom. The number of aromatic amines is 1. The molecule has 6 nitrogen and oxygen atoms in total. The van der Waals surface area contributed by atoms with Crippen LogP contribution >= 0.6 is 0 Å². The highest BCUT2D eigenvalue weighted by Crippen LogP contribution is 2.21. The highest BCUT2D eigenvalue weighted by atomic mass is 16.3. The lowest BCUT2D eigenvalue weighted by molar-refractivity contribution is -0.116. The Hall–Kier alpha value is -3.41. The van der Waals surface area contributed by atoms with E-state index in [2.05, 4.69) is 20.5 Å². The SMILES string of the molecule is Cc1nc(-c2ccc(NC(=O)CCc3cc4ccccc4o3)cc2)n[nH]1. The van der Waals surface area contributed by atoms with Crippen molar-refractivity contribution >= 4 is 22.6 Å². The number of benzene rings is 2. The number of aromatic nitrogens is 3. The van der Waals surface area contributed by atoms with Gasteiger partial charge in [0.15, 0.2) is 5.82 Å². The molecule has 26 heavy (non-hydrogen) atoms. The maximum atomic E-state index is 12.2. The van der Waals surface area contributed by atoms with Gasteiger partial charge in [-0.1, -0.05) is 18.2 Å². The van der Waals surface area contributed by atoms with Crippen molar-refractivity contribution < 1.29 is 9.21 Å². The number of hydrogen-bond donors (Lipinski definition) is 2. The molecule has 0 fully saturated rings. The van der Waals surface area contributed by atoms with Crippen LogP contribution in [0.4, 0.5) is 5.69 Å². The van der Waals surface area contributed by atoms with E-state index in [9.17, 15) is 4.79 Å². The number of para-hydroxylation sites is 1. The van der Waals surface area contributed by atoms with Crippen molar-refractivity contribution in [1.29, 1.82) is 0 Å². The van der Waals surface area contributed by atoms with Crippen LogP contribution in [0.3, 0.4) is 0 Å². The molecule has 4 aromatic rings. The quantitative estimate of drug-likeness (QED) is 0.570. The number of nitrogens with one attached hydrogen (secondary N) is 2. The monoisotopic (exact) mass is 346 g/mol. The molecule has 0 saturated heterocycles. The van der Waals surface area contributed by atoms with Crippen LogP contribution in [0.2, 0.25) is 0 Å². The summed E-state index contributed by atoms with van der Waals surface area (Å²) in [5.74, 6) is 2.18. The Balaban J connectivity index is 1.35. The molecule has 0 radical (unpaired) electrons. The topological polar surface area (TPSA) is 83.8 Å². The van der Waals surface area contributed by atoms with Gasteiger partial charge in [-0.2, -0.15) is 5.10 Å². The number of amides is 1. The van der Waals surface area contributed by atoms with Gasteiger partial charge < -0.3 is 9.73 Å². The second kappa shape index (κ2) is 6.84. The van der Waals surface area contributed by atoms with Gasteiger partial charge in [0.25, 0.3) is 0 Å². The third-order valence-electron chi connectivity index (χ3n) is 4.10. The summed E-state index contributed by atoms with van der Waals surface area (Å²) in [5.41, 5.74) is 2.49. The first-order valence-electron chi connectivity index (χ1n) is 8.44. The van der Waals surface area contributed by atoms with Crippen LogP contribution in [-0.2, 0) is 11.2 Å². The molecule has 0 aliphatic heterocycles. The molecule has 0 atom stereocenters. The van der Waals surface area contributed by atoms with E-state index >= 15 is 0 Å². The molecule has 2 heterocycles. The number of hydrogen-bond acceptors (Lipinski definition) is 4. The van der Waals surface area contributed by atoms with Crippen molar-refractivity contribution in [2.75, 3.05) is 5.32 Å². The number of fused-ring (bicyclic) bond motifs is 1. The number of aryl methyl sites for hydroxylation is 2. The molecule has 1 amide bonds. The van der Waals surface area contributed by atoms with Gasteiger partial charge in [-0.3, -0.25) is 9.89 Å². The Kier molecular flexibility index (Phi) is 4.23. The highest BCUT2D eigenvalue weighted by molar-refractivity contribution is 5.91. The third kappa shape index (κ3) is 3.49. The molecule has 130 valence electrons. The van der Waals surface area contributed by atoms with E-state index < -0.39 is 0 Å². The van der Waals surface area contributed by atoms with Crippen molar-refractivity contribution in [1.82, 2.24) is 15.2 Å². The van der Waals surface area contributed by atoms with E-state index in [0.29, 0.717) is 18.7 Å². The predicted molar refractivity (Wildman–Crippen MR) is 99.7 cm³/mol. The summed E-state index contributed by atoms with van der Waals surface area (Å²) in [4.78, 5) is 16.5.